The second-order valence-electron chi connectivity index (χ2n) is 4.38. The first kappa shape index (κ1) is 14.1. The SMILES string of the molecule is O=C(CCCOc1ccc(-c2ccccc2)cc1)NO. The van der Waals surface area contributed by atoms with Gasteiger partial charge in [0.25, 0.3) is 0 Å². The first-order chi connectivity index (χ1) is 9.79. The van der Waals surface area contributed by atoms with E-state index < -0.39 is 5.91 Å². The summed E-state index contributed by atoms with van der Waals surface area (Å²) in [7, 11) is 0. The Balaban J connectivity index is 1.85. The van der Waals surface area contributed by atoms with Gasteiger partial charge in [0.2, 0.25) is 5.91 Å². The molecule has 0 radical (unpaired) electrons. The molecule has 0 saturated heterocycles. The molecule has 1 amide bonds. The predicted octanol–water partition coefficient (Wildman–Crippen LogP) is 3.02. The van der Waals surface area contributed by atoms with Gasteiger partial charge in [-0.25, -0.2) is 5.48 Å². The van der Waals surface area contributed by atoms with Crippen molar-refractivity contribution in [3.8, 4) is 16.9 Å². The molecular formula is C16H17NO3. The van der Waals surface area contributed by atoms with Gasteiger partial charge in [-0.15, -0.1) is 0 Å². The average molecular weight is 271 g/mol. The van der Waals surface area contributed by atoms with Crippen LogP contribution in [-0.4, -0.2) is 17.7 Å². The number of amides is 1. The maximum Gasteiger partial charge on any atom is 0.243 e. The molecule has 0 unspecified atom stereocenters. The molecule has 2 N–H and O–H groups in total. The van der Waals surface area contributed by atoms with Crippen LogP contribution < -0.4 is 10.2 Å². The zero-order valence-corrected chi connectivity index (χ0v) is 11.1. The van der Waals surface area contributed by atoms with E-state index in [0.29, 0.717) is 13.0 Å². The molecule has 2 rings (SSSR count). The van der Waals surface area contributed by atoms with Crippen molar-refractivity contribution in [1.29, 1.82) is 0 Å². The number of hydroxylamine groups is 1. The summed E-state index contributed by atoms with van der Waals surface area (Å²) in [6.07, 6.45) is 0.811. The van der Waals surface area contributed by atoms with E-state index in [0.717, 1.165) is 11.3 Å². The zero-order chi connectivity index (χ0) is 14.2. The van der Waals surface area contributed by atoms with Gasteiger partial charge in [-0.1, -0.05) is 42.5 Å². The molecular weight excluding hydrogens is 254 g/mol. The van der Waals surface area contributed by atoms with Crippen molar-refractivity contribution in [3.63, 3.8) is 0 Å². The molecule has 20 heavy (non-hydrogen) atoms. The lowest BCUT2D eigenvalue weighted by molar-refractivity contribution is -0.129. The van der Waals surface area contributed by atoms with E-state index in [2.05, 4.69) is 12.1 Å². The number of benzene rings is 2. The van der Waals surface area contributed by atoms with Crippen LogP contribution in [0.3, 0.4) is 0 Å². The highest BCUT2D eigenvalue weighted by Gasteiger charge is 2.00. The van der Waals surface area contributed by atoms with Gasteiger partial charge in [0, 0.05) is 6.42 Å². The van der Waals surface area contributed by atoms with Crippen molar-refractivity contribution in [2.75, 3.05) is 6.61 Å². The van der Waals surface area contributed by atoms with Crippen LogP contribution in [0.2, 0.25) is 0 Å². The van der Waals surface area contributed by atoms with Gasteiger partial charge in [-0.05, 0) is 29.7 Å². The largest absolute Gasteiger partial charge is 0.494 e. The summed E-state index contributed by atoms with van der Waals surface area (Å²) in [5.41, 5.74) is 3.90. The van der Waals surface area contributed by atoms with Gasteiger partial charge < -0.3 is 4.74 Å². The zero-order valence-electron chi connectivity index (χ0n) is 11.1. The summed E-state index contributed by atoms with van der Waals surface area (Å²) >= 11 is 0. The van der Waals surface area contributed by atoms with E-state index in [4.69, 9.17) is 9.94 Å². The average Bonchev–Trinajstić information content (AvgIpc) is 2.52. The van der Waals surface area contributed by atoms with Gasteiger partial charge in [0.15, 0.2) is 0 Å². The Bertz CT molecular complexity index is 537. The molecule has 4 nitrogen and oxygen atoms in total. The fourth-order valence-corrected chi connectivity index (χ4v) is 1.85. The minimum Gasteiger partial charge on any atom is -0.494 e. The Morgan fingerprint density at radius 1 is 1.00 bits per heavy atom. The molecule has 4 heteroatoms. The number of hydrogen-bond acceptors (Lipinski definition) is 3. The third-order valence-corrected chi connectivity index (χ3v) is 2.90. The summed E-state index contributed by atoms with van der Waals surface area (Å²) in [4.78, 5) is 10.8. The number of carbonyl (C=O) groups excluding carboxylic acids is 1. The van der Waals surface area contributed by atoms with Crippen LogP contribution >= 0.6 is 0 Å². The maximum atomic E-state index is 10.8. The van der Waals surface area contributed by atoms with Crippen LogP contribution in [-0.2, 0) is 4.79 Å². The Kier molecular flexibility index (Phi) is 5.15. The van der Waals surface area contributed by atoms with Crippen molar-refractivity contribution in [1.82, 2.24) is 5.48 Å². The van der Waals surface area contributed by atoms with Gasteiger partial charge >= 0.3 is 0 Å². The fourth-order valence-electron chi connectivity index (χ4n) is 1.85. The Morgan fingerprint density at radius 2 is 1.65 bits per heavy atom. The summed E-state index contributed by atoms with van der Waals surface area (Å²) < 4.78 is 5.53. The highest BCUT2D eigenvalue weighted by Crippen LogP contribution is 2.22. The topological polar surface area (TPSA) is 58.6 Å². The van der Waals surface area contributed by atoms with Crippen LogP contribution in [0.25, 0.3) is 11.1 Å². The van der Waals surface area contributed by atoms with Crippen LogP contribution in [0, 0.1) is 0 Å². The first-order valence-corrected chi connectivity index (χ1v) is 6.51. The molecule has 0 aliphatic carbocycles. The van der Waals surface area contributed by atoms with E-state index >= 15 is 0 Å². The minimum atomic E-state index is -0.395. The Morgan fingerprint density at radius 3 is 2.30 bits per heavy atom. The third kappa shape index (κ3) is 4.10. The molecule has 2 aromatic carbocycles. The highest BCUT2D eigenvalue weighted by atomic mass is 16.5. The molecule has 0 saturated carbocycles. The maximum absolute atomic E-state index is 10.8. The molecule has 0 aromatic heterocycles. The molecule has 0 aliphatic rings. The minimum absolute atomic E-state index is 0.249. The lowest BCUT2D eigenvalue weighted by atomic mass is 10.1. The number of carbonyl (C=O) groups is 1. The van der Waals surface area contributed by atoms with E-state index in [1.165, 1.54) is 5.56 Å². The second-order valence-corrected chi connectivity index (χ2v) is 4.38. The van der Waals surface area contributed by atoms with Gasteiger partial charge in [-0.3, -0.25) is 10.0 Å². The molecule has 0 spiro atoms. The second kappa shape index (κ2) is 7.31. The number of hydrogen-bond donors (Lipinski definition) is 2. The first-order valence-electron chi connectivity index (χ1n) is 6.51. The molecule has 0 heterocycles. The summed E-state index contributed by atoms with van der Waals surface area (Å²) in [5, 5.41) is 8.35. The Labute approximate surface area is 118 Å². The molecule has 0 fully saturated rings. The Hall–Kier alpha value is -2.33. The van der Waals surface area contributed by atoms with Crippen molar-refractivity contribution < 1.29 is 14.7 Å². The summed E-state index contributed by atoms with van der Waals surface area (Å²) in [6, 6.07) is 18.0. The van der Waals surface area contributed by atoms with Gasteiger partial charge in [0.1, 0.15) is 5.75 Å². The van der Waals surface area contributed by atoms with Crippen molar-refractivity contribution in [2.24, 2.45) is 0 Å². The summed E-state index contributed by atoms with van der Waals surface area (Å²) in [5.74, 6) is 0.377. The third-order valence-electron chi connectivity index (χ3n) is 2.90. The van der Waals surface area contributed by atoms with Gasteiger partial charge in [-0.2, -0.15) is 0 Å². The summed E-state index contributed by atoms with van der Waals surface area (Å²) in [6.45, 7) is 0.443. The molecule has 0 aliphatic heterocycles. The standard InChI is InChI=1S/C16H17NO3/c18-16(17-19)7-4-12-20-15-10-8-14(9-11-15)13-5-2-1-3-6-13/h1-3,5-6,8-11,19H,4,7,12H2,(H,17,18). The van der Waals surface area contributed by atoms with E-state index in [9.17, 15) is 4.79 Å². The van der Waals surface area contributed by atoms with Crippen molar-refractivity contribution in [3.05, 3.63) is 54.6 Å². The van der Waals surface area contributed by atoms with Gasteiger partial charge in [0.05, 0.1) is 6.61 Å². The van der Waals surface area contributed by atoms with E-state index in [1.807, 2.05) is 42.5 Å². The fraction of sp³-hybridized carbons (Fsp3) is 0.188. The quantitative estimate of drug-likeness (QED) is 0.482. The smallest absolute Gasteiger partial charge is 0.243 e. The van der Waals surface area contributed by atoms with Crippen molar-refractivity contribution >= 4 is 5.91 Å². The van der Waals surface area contributed by atoms with E-state index in [-0.39, 0.29) is 6.42 Å². The lowest BCUT2D eigenvalue weighted by Gasteiger charge is -2.07. The molecule has 0 bridgehead atoms. The highest BCUT2D eigenvalue weighted by molar-refractivity contribution is 5.74. The number of rotatable bonds is 6. The predicted molar refractivity (Wildman–Crippen MR) is 76.5 cm³/mol. The molecule has 0 atom stereocenters. The number of nitrogens with one attached hydrogen (secondary N) is 1. The molecule has 104 valence electrons. The van der Waals surface area contributed by atoms with Crippen LogP contribution in [0.4, 0.5) is 0 Å². The van der Waals surface area contributed by atoms with Crippen LogP contribution in [0.5, 0.6) is 5.75 Å². The lowest BCUT2D eigenvalue weighted by Crippen LogP contribution is -2.18. The normalized spacial score (nSPS) is 10.1. The van der Waals surface area contributed by atoms with Crippen LogP contribution in [0.15, 0.2) is 54.6 Å². The van der Waals surface area contributed by atoms with Crippen molar-refractivity contribution in [2.45, 2.75) is 12.8 Å². The number of ether oxygens (including phenoxy) is 1. The molecule has 2 aromatic rings. The monoisotopic (exact) mass is 271 g/mol. The van der Waals surface area contributed by atoms with Crippen LogP contribution in [0.1, 0.15) is 12.8 Å². The van der Waals surface area contributed by atoms with E-state index in [1.54, 1.807) is 5.48 Å².